The largest absolute Gasteiger partial charge is 0.240 e. The van der Waals surface area contributed by atoms with Gasteiger partial charge in [-0.25, -0.2) is 13.1 Å². The van der Waals surface area contributed by atoms with E-state index in [0.29, 0.717) is 4.90 Å². The van der Waals surface area contributed by atoms with E-state index in [9.17, 15) is 8.42 Å². The monoisotopic (exact) mass is 288 g/mol. The standard InChI is InChI=1S/C16H18NO2S/c1-13(2)17-20(18,19)16-10-8-15(9-11-16)12-14-6-4-3-5-7-14/h3-4,6-11,13,17H,12H2,1-2H3. The number of rotatable bonds is 5. The minimum atomic E-state index is -3.41. The molecule has 4 heteroatoms. The minimum absolute atomic E-state index is 0.112. The Hall–Kier alpha value is -1.65. The highest BCUT2D eigenvalue weighted by Gasteiger charge is 2.14. The Morgan fingerprint density at radius 3 is 2.35 bits per heavy atom. The fourth-order valence-corrected chi connectivity index (χ4v) is 3.19. The van der Waals surface area contributed by atoms with Gasteiger partial charge in [-0.2, -0.15) is 0 Å². The highest BCUT2D eigenvalue weighted by Crippen LogP contribution is 2.14. The molecule has 0 fully saturated rings. The highest BCUT2D eigenvalue weighted by atomic mass is 32.2. The lowest BCUT2D eigenvalue weighted by molar-refractivity contribution is 0.570. The summed E-state index contributed by atoms with van der Waals surface area (Å²) < 4.78 is 26.6. The predicted octanol–water partition coefficient (Wildman–Crippen LogP) is 2.76. The molecule has 0 atom stereocenters. The first-order valence-electron chi connectivity index (χ1n) is 6.53. The molecule has 2 rings (SSSR count). The molecule has 1 N–H and O–H groups in total. The van der Waals surface area contributed by atoms with E-state index in [1.165, 1.54) is 0 Å². The van der Waals surface area contributed by atoms with Crippen molar-refractivity contribution >= 4 is 10.0 Å². The first-order chi connectivity index (χ1) is 9.47. The van der Waals surface area contributed by atoms with Crippen LogP contribution in [0.2, 0.25) is 0 Å². The van der Waals surface area contributed by atoms with Gasteiger partial charge in [-0.15, -0.1) is 0 Å². The van der Waals surface area contributed by atoms with Gasteiger partial charge in [0.05, 0.1) is 4.90 Å². The molecule has 105 valence electrons. The average molecular weight is 288 g/mol. The van der Waals surface area contributed by atoms with Gasteiger partial charge in [0.1, 0.15) is 0 Å². The average Bonchev–Trinajstić information content (AvgIpc) is 2.39. The van der Waals surface area contributed by atoms with Gasteiger partial charge in [-0.1, -0.05) is 36.4 Å². The highest BCUT2D eigenvalue weighted by molar-refractivity contribution is 7.89. The number of benzene rings is 2. The van der Waals surface area contributed by atoms with Crippen molar-refractivity contribution in [1.82, 2.24) is 4.72 Å². The van der Waals surface area contributed by atoms with Crippen LogP contribution in [0.5, 0.6) is 0 Å². The third kappa shape index (κ3) is 3.92. The van der Waals surface area contributed by atoms with Crippen molar-refractivity contribution in [2.45, 2.75) is 31.2 Å². The molecule has 0 saturated carbocycles. The van der Waals surface area contributed by atoms with Crippen molar-refractivity contribution in [3.8, 4) is 0 Å². The van der Waals surface area contributed by atoms with Crippen molar-refractivity contribution in [2.24, 2.45) is 0 Å². The normalized spacial score (nSPS) is 11.8. The van der Waals surface area contributed by atoms with E-state index >= 15 is 0 Å². The first kappa shape index (κ1) is 14.8. The van der Waals surface area contributed by atoms with Gasteiger partial charge in [0, 0.05) is 6.04 Å². The molecule has 0 aromatic heterocycles. The van der Waals surface area contributed by atoms with E-state index in [0.717, 1.165) is 17.5 Å². The number of hydrogen-bond donors (Lipinski definition) is 1. The molecule has 3 nitrogen and oxygen atoms in total. The summed E-state index contributed by atoms with van der Waals surface area (Å²) in [6.45, 7) is 3.61. The van der Waals surface area contributed by atoms with E-state index < -0.39 is 10.0 Å². The van der Waals surface area contributed by atoms with E-state index in [-0.39, 0.29) is 6.04 Å². The molecular weight excluding hydrogens is 270 g/mol. The predicted molar refractivity (Wildman–Crippen MR) is 80.0 cm³/mol. The lowest BCUT2D eigenvalue weighted by Crippen LogP contribution is -2.30. The molecule has 20 heavy (non-hydrogen) atoms. The summed E-state index contributed by atoms with van der Waals surface area (Å²) in [5, 5.41) is 0. The van der Waals surface area contributed by atoms with Gasteiger partial charge in [-0.3, -0.25) is 0 Å². The van der Waals surface area contributed by atoms with Crippen LogP contribution in [0.15, 0.2) is 53.4 Å². The fourth-order valence-electron chi connectivity index (χ4n) is 1.94. The van der Waals surface area contributed by atoms with Crippen molar-refractivity contribution in [3.63, 3.8) is 0 Å². The third-order valence-corrected chi connectivity index (χ3v) is 4.48. The lowest BCUT2D eigenvalue weighted by atomic mass is 10.1. The van der Waals surface area contributed by atoms with E-state index in [4.69, 9.17) is 0 Å². The van der Waals surface area contributed by atoms with Crippen LogP contribution in [0, 0.1) is 6.07 Å². The van der Waals surface area contributed by atoms with E-state index in [1.54, 1.807) is 26.0 Å². The van der Waals surface area contributed by atoms with Crippen LogP contribution in [-0.4, -0.2) is 14.5 Å². The van der Waals surface area contributed by atoms with Crippen molar-refractivity contribution in [1.29, 1.82) is 0 Å². The molecule has 0 aliphatic rings. The van der Waals surface area contributed by atoms with E-state index in [1.807, 2.05) is 36.4 Å². The number of sulfonamides is 1. The quantitative estimate of drug-likeness (QED) is 0.919. The Morgan fingerprint density at radius 1 is 1.10 bits per heavy atom. The van der Waals surface area contributed by atoms with Crippen LogP contribution in [0.1, 0.15) is 25.0 Å². The minimum Gasteiger partial charge on any atom is -0.209 e. The summed E-state index contributed by atoms with van der Waals surface area (Å²) in [6, 6.07) is 17.7. The fraction of sp³-hybridized carbons (Fsp3) is 0.250. The van der Waals surface area contributed by atoms with Crippen LogP contribution < -0.4 is 4.72 Å². The molecule has 0 heterocycles. The second-order valence-corrected chi connectivity index (χ2v) is 6.72. The maximum atomic E-state index is 12.0. The van der Waals surface area contributed by atoms with Crippen LogP contribution >= 0.6 is 0 Å². The lowest BCUT2D eigenvalue weighted by Gasteiger charge is -2.10. The smallest absolute Gasteiger partial charge is 0.209 e. The zero-order valence-electron chi connectivity index (χ0n) is 11.6. The Morgan fingerprint density at radius 2 is 1.80 bits per heavy atom. The Balaban J connectivity index is 2.14. The van der Waals surface area contributed by atoms with Crippen LogP contribution in [0.25, 0.3) is 0 Å². The first-order valence-corrected chi connectivity index (χ1v) is 8.02. The molecule has 0 aliphatic carbocycles. The Bertz CT molecular complexity index is 647. The molecule has 2 aromatic rings. The molecule has 0 unspecified atom stereocenters. The molecule has 0 bridgehead atoms. The summed E-state index contributed by atoms with van der Waals surface area (Å²) in [5.74, 6) is 0. The zero-order valence-corrected chi connectivity index (χ0v) is 12.4. The molecule has 0 aliphatic heterocycles. The Kier molecular flexibility index (Phi) is 4.57. The second kappa shape index (κ2) is 6.20. The van der Waals surface area contributed by atoms with Gasteiger partial charge in [0.2, 0.25) is 10.0 Å². The second-order valence-electron chi connectivity index (χ2n) is 5.01. The number of hydrogen-bond acceptors (Lipinski definition) is 2. The summed E-state index contributed by atoms with van der Waals surface area (Å²) in [7, 11) is -3.41. The Labute approximate surface area is 120 Å². The molecular formula is C16H18NO2S. The van der Waals surface area contributed by atoms with Gasteiger partial charge in [0.15, 0.2) is 0 Å². The third-order valence-electron chi connectivity index (χ3n) is 2.80. The van der Waals surface area contributed by atoms with Crippen molar-refractivity contribution in [3.05, 3.63) is 65.7 Å². The topological polar surface area (TPSA) is 46.2 Å². The molecule has 1 radical (unpaired) electrons. The molecule has 2 aromatic carbocycles. The van der Waals surface area contributed by atoms with Crippen molar-refractivity contribution < 1.29 is 8.42 Å². The maximum absolute atomic E-state index is 12.0. The van der Waals surface area contributed by atoms with E-state index in [2.05, 4.69) is 10.8 Å². The van der Waals surface area contributed by atoms with Gasteiger partial charge < -0.3 is 0 Å². The molecule has 0 amide bonds. The zero-order chi connectivity index (χ0) is 14.6. The summed E-state index contributed by atoms with van der Waals surface area (Å²) in [4.78, 5) is 0.301. The summed E-state index contributed by atoms with van der Waals surface area (Å²) in [5.41, 5.74) is 2.23. The van der Waals surface area contributed by atoms with Crippen LogP contribution in [-0.2, 0) is 16.4 Å². The van der Waals surface area contributed by atoms with Crippen LogP contribution in [0.4, 0.5) is 0 Å². The van der Waals surface area contributed by atoms with Gasteiger partial charge in [-0.05, 0) is 49.6 Å². The molecule has 0 saturated heterocycles. The van der Waals surface area contributed by atoms with Gasteiger partial charge in [0.25, 0.3) is 0 Å². The van der Waals surface area contributed by atoms with Gasteiger partial charge >= 0.3 is 0 Å². The maximum Gasteiger partial charge on any atom is 0.240 e. The summed E-state index contributed by atoms with van der Waals surface area (Å²) in [6.07, 6.45) is 0.773. The SMILES string of the molecule is CC(C)NS(=O)(=O)c1ccc(Cc2c[c]ccc2)cc1. The van der Waals surface area contributed by atoms with Crippen molar-refractivity contribution in [2.75, 3.05) is 0 Å². The summed E-state index contributed by atoms with van der Waals surface area (Å²) >= 11 is 0. The number of nitrogens with one attached hydrogen (secondary N) is 1. The van der Waals surface area contributed by atoms with Crippen LogP contribution in [0.3, 0.4) is 0 Å². The molecule has 0 spiro atoms.